The van der Waals surface area contributed by atoms with Crippen molar-refractivity contribution in [1.82, 2.24) is 0 Å². The Labute approximate surface area is 104 Å². The van der Waals surface area contributed by atoms with Gasteiger partial charge in [-0.15, -0.1) is 0 Å². The molecule has 1 aliphatic rings. The number of alkyl halides is 1. The Morgan fingerprint density at radius 3 is 2.67 bits per heavy atom. The smallest absolute Gasteiger partial charge is 0.299 e. The highest BCUT2D eigenvalue weighted by molar-refractivity contribution is 9.10. The van der Waals surface area contributed by atoms with Crippen LogP contribution in [0.25, 0.3) is 0 Å². The maximum Gasteiger partial charge on any atom is 0.299 e. The Hall–Kier alpha value is -0.680. The molecule has 0 unspecified atom stereocenters. The lowest BCUT2D eigenvalue weighted by atomic mass is 10.1. The number of carbonyl (C=O) groups is 2. The highest BCUT2D eigenvalue weighted by Crippen LogP contribution is 2.31. The van der Waals surface area contributed by atoms with Crippen molar-refractivity contribution in [2.75, 3.05) is 16.8 Å². The molecule has 1 amide bonds. The Kier molecular flexibility index (Phi) is 2.93. The number of fused-ring (bicyclic) bond motifs is 1. The first kappa shape index (κ1) is 10.8. The summed E-state index contributed by atoms with van der Waals surface area (Å²) in [5, 5.41) is 0.654. The lowest BCUT2D eigenvalue weighted by Gasteiger charge is -2.14. The minimum Gasteiger partial charge on any atom is -0.304 e. The molecule has 0 saturated heterocycles. The van der Waals surface area contributed by atoms with E-state index in [-0.39, 0.29) is 0 Å². The maximum atomic E-state index is 11.6. The van der Waals surface area contributed by atoms with E-state index in [9.17, 15) is 9.59 Å². The molecule has 0 bridgehead atoms. The SMILES string of the molecule is O=C1C(=O)N(CCBr)c2ccc(Br)cc21. The van der Waals surface area contributed by atoms with Gasteiger partial charge in [-0.25, -0.2) is 0 Å². The summed E-state index contributed by atoms with van der Waals surface area (Å²) in [6.07, 6.45) is 0. The first-order chi connectivity index (χ1) is 7.15. The summed E-state index contributed by atoms with van der Waals surface area (Å²) < 4.78 is 0.808. The van der Waals surface area contributed by atoms with Gasteiger partial charge in [0.25, 0.3) is 11.7 Å². The predicted molar refractivity (Wildman–Crippen MR) is 64.6 cm³/mol. The van der Waals surface area contributed by atoms with E-state index in [1.165, 1.54) is 4.90 Å². The van der Waals surface area contributed by atoms with Crippen molar-refractivity contribution < 1.29 is 9.59 Å². The normalized spacial score (nSPS) is 14.7. The quantitative estimate of drug-likeness (QED) is 0.616. The molecule has 0 N–H and O–H groups in total. The molecule has 5 heteroatoms. The number of hydrogen-bond acceptors (Lipinski definition) is 2. The van der Waals surface area contributed by atoms with Crippen LogP contribution < -0.4 is 4.90 Å². The number of ketones is 1. The Morgan fingerprint density at radius 1 is 1.27 bits per heavy atom. The van der Waals surface area contributed by atoms with Gasteiger partial charge in [0.2, 0.25) is 0 Å². The molecule has 0 atom stereocenters. The van der Waals surface area contributed by atoms with Gasteiger partial charge in [0.1, 0.15) is 0 Å². The predicted octanol–water partition coefficient (Wildman–Crippen LogP) is 2.37. The molecule has 0 spiro atoms. The number of rotatable bonds is 2. The highest BCUT2D eigenvalue weighted by Gasteiger charge is 2.35. The summed E-state index contributed by atoms with van der Waals surface area (Å²) >= 11 is 6.54. The van der Waals surface area contributed by atoms with Crippen molar-refractivity contribution in [2.45, 2.75) is 0 Å². The number of carbonyl (C=O) groups excluding carboxylic acids is 2. The molecule has 78 valence electrons. The van der Waals surface area contributed by atoms with Crippen molar-refractivity contribution in [3.8, 4) is 0 Å². The lowest BCUT2D eigenvalue weighted by molar-refractivity contribution is -0.114. The molecule has 1 aromatic rings. The van der Waals surface area contributed by atoms with Gasteiger partial charge in [0, 0.05) is 16.3 Å². The number of benzene rings is 1. The monoisotopic (exact) mass is 331 g/mol. The standard InChI is InChI=1S/C10H7Br2NO2/c11-3-4-13-8-2-1-6(12)5-7(8)9(14)10(13)15/h1-2,5H,3-4H2. The fourth-order valence-electron chi connectivity index (χ4n) is 1.58. The number of amides is 1. The third-order valence-corrected chi connectivity index (χ3v) is 3.09. The lowest BCUT2D eigenvalue weighted by Crippen LogP contribution is -2.31. The van der Waals surface area contributed by atoms with E-state index in [0.29, 0.717) is 23.1 Å². The summed E-state index contributed by atoms with van der Waals surface area (Å²) in [4.78, 5) is 24.7. The van der Waals surface area contributed by atoms with Crippen LogP contribution in [0.15, 0.2) is 22.7 Å². The molecule has 3 nitrogen and oxygen atoms in total. The summed E-state index contributed by atoms with van der Waals surface area (Å²) in [6.45, 7) is 0.513. The van der Waals surface area contributed by atoms with E-state index in [0.717, 1.165) is 4.47 Å². The van der Waals surface area contributed by atoms with Gasteiger partial charge >= 0.3 is 0 Å². The summed E-state index contributed by atoms with van der Waals surface area (Å²) in [6, 6.07) is 5.29. The zero-order valence-electron chi connectivity index (χ0n) is 7.67. The van der Waals surface area contributed by atoms with Crippen LogP contribution in [-0.2, 0) is 4.79 Å². The number of halogens is 2. The van der Waals surface area contributed by atoms with Gasteiger partial charge in [-0.3, -0.25) is 9.59 Å². The molecule has 1 aliphatic heterocycles. The first-order valence-corrected chi connectivity index (χ1v) is 6.28. The second kappa shape index (κ2) is 4.06. The summed E-state index contributed by atoms with van der Waals surface area (Å²) in [5.41, 5.74) is 1.18. The molecule has 15 heavy (non-hydrogen) atoms. The third-order valence-electron chi connectivity index (χ3n) is 2.24. The van der Waals surface area contributed by atoms with Gasteiger partial charge in [0.15, 0.2) is 0 Å². The Bertz CT molecular complexity index is 445. The average molecular weight is 333 g/mol. The van der Waals surface area contributed by atoms with Gasteiger partial charge in [-0.1, -0.05) is 31.9 Å². The molecule has 0 aliphatic carbocycles. The van der Waals surface area contributed by atoms with Crippen LogP contribution in [0, 0.1) is 0 Å². The molecular weight excluding hydrogens is 326 g/mol. The molecule has 1 heterocycles. The maximum absolute atomic E-state index is 11.6. The van der Waals surface area contributed by atoms with E-state index in [4.69, 9.17) is 0 Å². The fourth-order valence-corrected chi connectivity index (χ4v) is 2.29. The van der Waals surface area contributed by atoms with Crippen molar-refractivity contribution in [2.24, 2.45) is 0 Å². The summed E-state index contributed by atoms with van der Waals surface area (Å²) in [7, 11) is 0. The number of Topliss-reactive ketones (excluding diaryl/α,β-unsaturated/α-hetero) is 1. The zero-order chi connectivity index (χ0) is 11.0. The van der Waals surface area contributed by atoms with Crippen LogP contribution >= 0.6 is 31.9 Å². The van der Waals surface area contributed by atoms with Crippen molar-refractivity contribution in [1.29, 1.82) is 0 Å². The molecular formula is C10H7Br2NO2. The average Bonchev–Trinajstić information content (AvgIpc) is 2.44. The molecule has 0 aromatic heterocycles. The van der Waals surface area contributed by atoms with Crippen molar-refractivity contribution >= 4 is 49.2 Å². The van der Waals surface area contributed by atoms with Crippen LogP contribution in [0.4, 0.5) is 5.69 Å². The summed E-state index contributed by atoms with van der Waals surface area (Å²) in [5.74, 6) is -0.866. The second-order valence-electron chi connectivity index (χ2n) is 3.14. The van der Waals surface area contributed by atoms with Crippen molar-refractivity contribution in [3.63, 3.8) is 0 Å². The van der Waals surface area contributed by atoms with E-state index < -0.39 is 11.7 Å². The van der Waals surface area contributed by atoms with Crippen molar-refractivity contribution in [3.05, 3.63) is 28.2 Å². The second-order valence-corrected chi connectivity index (χ2v) is 4.85. The van der Waals surface area contributed by atoms with Crippen LogP contribution in [0.5, 0.6) is 0 Å². The minimum absolute atomic E-state index is 0.424. The van der Waals surface area contributed by atoms with E-state index >= 15 is 0 Å². The highest BCUT2D eigenvalue weighted by atomic mass is 79.9. The van der Waals surface area contributed by atoms with Gasteiger partial charge in [0.05, 0.1) is 11.3 Å². The number of nitrogens with zero attached hydrogens (tertiary/aromatic N) is 1. The first-order valence-electron chi connectivity index (χ1n) is 4.37. The zero-order valence-corrected chi connectivity index (χ0v) is 10.8. The van der Waals surface area contributed by atoms with Gasteiger partial charge in [-0.2, -0.15) is 0 Å². The third kappa shape index (κ3) is 1.74. The topological polar surface area (TPSA) is 37.4 Å². The van der Waals surface area contributed by atoms with Crippen LogP contribution in [0.3, 0.4) is 0 Å². The number of anilines is 1. The Balaban J connectivity index is 2.50. The fraction of sp³-hybridized carbons (Fsp3) is 0.200. The van der Waals surface area contributed by atoms with Gasteiger partial charge in [-0.05, 0) is 18.2 Å². The molecule has 0 radical (unpaired) electrons. The number of hydrogen-bond donors (Lipinski definition) is 0. The van der Waals surface area contributed by atoms with E-state index in [1.807, 2.05) is 6.07 Å². The Morgan fingerprint density at radius 2 is 2.00 bits per heavy atom. The molecule has 1 aromatic carbocycles. The van der Waals surface area contributed by atoms with E-state index in [1.54, 1.807) is 12.1 Å². The minimum atomic E-state index is -0.442. The molecule has 0 saturated carbocycles. The largest absolute Gasteiger partial charge is 0.304 e. The molecule has 2 rings (SSSR count). The van der Waals surface area contributed by atoms with Gasteiger partial charge < -0.3 is 4.90 Å². The van der Waals surface area contributed by atoms with Crippen LogP contribution in [0.1, 0.15) is 10.4 Å². The van der Waals surface area contributed by atoms with Crippen LogP contribution in [0.2, 0.25) is 0 Å². The van der Waals surface area contributed by atoms with Crippen LogP contribution in [-0.4, -0.2) is 23.6 Å². The van der Waals surface area contributed by atoms with E-state index in [2.05, 4.69) is 31.9 Å². The molecule has 0 fully saturated rings.